The third-order valence-corrected chi connectivity index (χ3v) is 12.3. The normalized spacial score (nSPS) is 22.8. The van der Waals surface area contributed by atoms with Gasteiger partial charge in [-0.05, 0) is 95.4 Å². The molecule has 1 saturated carbocycles. The highest BCUT2D eigenvalue weighted by Gasteiger charge is 2.45. The van der Waals surface area contributed by atoms with E-state index in [-0.39, 0.29) is 74.5 Å². The van der Waals surface area contributed by atoms with Crippen molar-refractivity contribution in [1.82, 2.24) is 45.6 Å². The van der Waals surface area contributed by atoms with Crippen molar-refractivity contribution in [2.75, 3.05) is 27.2 Å². The quantitative estimate of drug-likeness (QED) is 0.114. The zero-order chi connectivity index (χ0) is 42.3. The van der Waals surface area contributed by atoms with E-state index in [1.807, 2.05) is 0 Å². The number of fused-ring (bicyclic) bond motifs is 2. The second kappa shape index (κ2) is 17.3. The number of aromatic nitrogens is 3. The number of hydrogen-bond acceptors (Lipinski definition) is 7. The summed E-state index contributed by atoms with van der Waals surface area (Å²) >= 11 is 0. The molecule has 318 valence electrons. The summed E-state index contributed by atoms with van der Waals surface area (Å²) in [4.78, 5) is 65.0. The molecule has 4 aromatic rings. The number of likely N-dealkylation sites (N-methyl/N-ethyl adjacent to an activating group) is 2. The zero-order valence-electron chi connectivity index (χ0n) is 34.0. The highest BCUT2D eigenvalue weighted by Crippen LogP contribution is 2.38. The van der Waals surface area contributed by atoms with Crippen LogP contribution in [0.4, 0.5) is 17.6 Å². The third-order valence-electron chi connectivity index (χ3n) is 12.3. The van der Waals surface area contributed by atoms with E-state index in [1.54, 1.807) is 51.6 Å². The molecule has 0 bridgehead atoms. The van der Waals surface area contributed by atoms with Crippen LogP contribution in [0.5, 0.6) is 0 Å². The maximum atomic E-state index is 15.4. The van der Waals surface area contributed by atoms with E-state index in [0.717, 1.165) is 12.8 Å². The van der Waals surface area contributed by atoms with Crippen molar-refractivity contribution in [1.29, 1.82) is 0 Å². The number of imidazole rings is 1. The molecule has 8 atom stereocenters. The smallest absolute Gasteiger partial charge is 0.245 e. The molecule has 17 heteroatoms. The lowest BCUT2D eigenvalue weighted by Crippen LogP contribution is -2.54. The second-order valence-corrected chi connectivity index (χ2v) is 16.3. The largest absolute Gasteiger partial charge is 0.352 e. The summed E-state index contributed by atoms with van der Waals surface area (Å²) in [5, 5.41) is 12.0. The third kappa shape index (κ3) is 8.67. The number of alkyl halides is 2. The molecule has 4 heterocycles. The molecule has 0 spiro atoms. The van der Waals surface area contributed by atoms with E-state index < -0.39 is 66.1 Å². The number of halogens is 4. The van der Waals surface area contributed by atoms with E-state index in [1.165, 1.54) is 34.1 Å². The topological polar surface area (TPSA) is 156 Å². The van der Waals surface area contributed by atoms with Crippen molar-refractivity contribution in [3.8, 4) is 11.5 Å². The second-order valence-electron chi connectivity index (χ2n) is 16.3. The van der Waals surface area contributed by atoms with E-state index in [2.05, 4.69) is 26.3 Å². The Morgan fingerprint density at radius 2 is 1.46 bits per heavy atom. The molecule has 1 aliphatic carbocycles. The summed E-state index contributed by atoms with van der Waals surface area (Å²) in [7, 11) is 3.28. The molecule has 3 aliphatic rings. The fourth-order valence-corrected chi connectivity index (χ4v) is 8.55. The van der Waals surface area contributed by atoms with Crippen molar-refractivity contribution < 1.29 is 36.7 Å². The SMILES string of the molecule is CC[C@H](NC(=O)[C@H](C)NC)C(=O)N1C[C@@H](F)C[C@H]1Cc1c(-c2nc3cc(F)ccc3n2C[C@@H]2C[C@H](F)CN2C(=O)C(NC(=O)[C@H](C)NC)C2CC2)[nH]c2cc(F)ccc12. The van der Waals surface area contributed by atoms with E-state index in [4.69, 9.17) is 4.98 Å². The average Bonchev–Trinajstić information content (AvgIpc) is 3.58. The van der Waals surface area contributed by atoms with Gasteiger partial charge < -0.3 is 40.6 Å². The number of likely N-dealkylation sites (tertiary alicyclic amines) is 2. The summed E-state index contributed by atoms with van der Waals surface area (Å²) in [5.41, 5.74) is 2.21. The van der Waals surface area contributed by atoms with Gasteiger partial charge in [0, 0.05) is 42.4 Å². The monoisotopic (exact) mass is 823 g/mol. The Balaban J connectivity index is 1.26. The fourth-order valence-electron chi connectivity index (χ4n) is 8.55. The van der Waals surface area contributed by atoms with Crippen LogP contribution in [0.3, 0.4) is 0 Å². The van der Waals surface area contributed by atoms with Gasteiger partial charge in [-0.15, -0.1) is 0 Å². The summed E-state index contributed by atoms with van der Waals surface area (Å²) in [5.74, 6) is -2.31. The number of H-pyrrole nitrogens is 1. The number of carbonyl (C=O) groups is 4. The van der Waals surface area contributed by atoms with Gasteiger partial charge in [0.2, 0.25) is 23.6 Å². The fraction of sp³-hybridized carbons (Fsp3) is 0.548. The average molecular weight is 824 g/mol. The van der Waals surface area contributed by atoms with Crippen molar-refractivity contribution >= 4 is 45.6 Å². The number of rotatable bonds is 15. The minimum atomic E-state index is -1.34. The number of nitrogens with zero attached hydrogens (tertiary/aromatic N) is 4. The molecule has 1 unspecified atom stereocenters. The number of benzene rings is 2. The van der Waals surface area contributed by atoms with Crippen molar-refractivity contribution in [3.05, 3.63) is 53.6 Å². The molecule has 2 aliphatic heterocycles. The van der Waals surface area contributed by atoms with E-state index >= 15 is 8.78 Å². The number of carbonyl (C=O) groups excluding carboxylic acids is 4. The molecule has 0 radical (unpaired) electrons. The maximum absolute atomic E-state index is 15.4. The molecular weight excluding hydrogens is 771 g/mol. The minimum absolute atomic E-state index is 0.00827. The van der Waals surface area contributed by atoms with Gasteiger partial charge in [0.15, 0.2) is 5.82 Å². The van der Waals surface area contributed by atoms with Crippen molar-refractivity contribution in [2.24, 2.45) is 5.92 Å². The van der Waals surface area contributed by atoms with Crippen LogP contribution in [0.25, 0.3) is 33.5 Å². The van der Waals surface area contributed by atoms with Gasteiger partial charge in [-0.1, -0.05) is 6.92 Å². The van der Waals surface area contributed by atoms with Gasteiger partial charge in [0.1, 0.15) is 36.1 Å². The summed E-state index contributed by atoms with van der Waals surface area (Å²) in [6, 6.07) is 4.20. The lowest BCUT2D eigenvalue weighted by molar-refractivity contribution is -0.138. The van der Waals surface area contributed by atoms with Gasteiger partial charge in [0.25, 0.3) is 0 Å². The van der Waals surface area contributed by atoms with Crippen molar-refractivity contribution in [3.63, 3.8) is 0 Å². The van der Waals surface area contributed by atoms with Gasteiger partial charge in [-0.3, -0.25) is 19.2 Å². The lowest BCUT2D eigenvalue weighted by Gasteiger charge is -2.30. The lowest BCUT2D eigenvalue weighted by atomic mass is 9.99. The van der Waals surface area contributed by atoms with Crippen LogP contribution in [-0.2, 0) is 32.1 Å². The molecular formula is C42H53F4N9O4. The van der Waals surface area contributed by atoms with E-state index in [9.17, 15) is 28.0 Å². The van der Waals surface area contributed by atoms with Crippen LogP contribution >= 0.6 is 0 Å². The van der Waals surface area contributed by atoms with Crippen LogP contribution < -0.4 is 21.3 Å². The first-order valence-corrected chi connectivity index (χ1v) is 20.5. The van der Waals surface area contributed by atoms with Crippen LogP contribution in [0, 0.1) is 17.6 Å². The molecule has 3 fully saturated rings. The highest BCUT2D eigenvalue weighted by atomic mass is 19.1. The van der Waals surface area contributed by atoms with Gasteiger partial charge in [0.05, 0.1) is 47.9 Å². The zero-order valence-corrected chi connectivity index (χ0v) is 34.0. The Hall–Kier alpha value is -5.03. The Kier molecular flexibility index (Phi) is 12.3. The summed E-state index contributed by atoms with van der Waals surface area (Å²) in [6.45, 7) is 4.83. The predicted molar refractivity (Wildman–Crippen MR) is 215 cm³/mol. The summed E-state index contributed by atoms with van der Waals surface area (Å²) < 4.78 is 62.2. The molecule has 13 nitrogen and oxygen atoms in total. The van der Waals surface area contributed by atoms with Crippen molar-refractivity contribution in [2.45, 2.75) is 114 Å². The minimum Gasteiger partial charge on any atom is -0.352 e. The number of hydrogen-bond donors (Lipinski definition) is 5. The first-order chi connectivity index (χ1) is 28.2. The maximum Gasteiger partial charge on any atom is 0.245 e. The van der Waals surface area contributed by atoms with Gasteiger partial charge >= 0.3 is 0 Å². The number of amides is 4. The molecule has 2 aromatic carbocycles. The molecule has 2 aromatic heterocycles. The Bertz CT molecular complexity index is 2230. The molecule has 2 saturated heterocycles. The molecule has 59 heavy (non-hydrogen) atoms. The van der Waals surface area contributed by atoms with Crippen LogP contribution in [0.15, 0.2) is 36.4 Å². The van der Waals surface area contributed by atoms with Crippen LogP contribution in [0.2, 0.25) is 0 Å². The van der Waals surface area contributed by atoms with Crippen LogP contribution in [-0.4, -0.2) is 124 Å². The molecule has 5 N–H and O–H groups in total. The standard InChI is InChI=1S/C42H53F4N9O4/c1-6-32(51-39(56)21(2)47-4)41(58)53-18-26(45)13-28(53)17-31-30-11-9-24(43)15-33(30)49-37(31)38-50-34-16-25(44)10-12-35(34)55(38)20-29-14-27(46)19-54(29)42(59)36(23-7-8-23)52-40(57)22(3)48-5/h9-12,15-16,21-23,26-29,32,36,47-49H,6-8,13-14,17-20H2,1-5H3,(H,51,56)(H,52,57)/t21-,22-,26-,27-,28-,29-,32-,36?/m0/s1. The first kappa shape index (κ1) is 42.1. The number of nitrogens with one attached hydrogen (secondary N) is 5. The van der Waals surface area contributed by atoms with Gasteiger partial charge in [-0.2, -0.15) is 0 Å². The van der Waals surface area contributed by atoms with Gasteiger partial charge in [-0.25, -0.2) is 22.5 Å². The Morgan fingerprint density at radius 3 is 2.10 bits per heavy atom. The van der Waals surface area contributed by atoms with E-state index in [0.29, 0.717) is 33.5 Å². The Morgan fingerprint density at radius 1 is 0.847 bits per heavy atom. The summed E-state index contributed by atoms with van der Waals surface area (Å²) in [6.07, 6.45) is -0.740. The van der Waals surface area contributed by atoms with Crippen LogP contribution in [0.1, 0.15) is 58.4 Å². The first-order valence-electron chi connectivity index (χ1n) is 20.5. The molecule has 4 amide bonds. The predicted octanol–water partition coefficient (Wildman–Crippen LogP) is 3.89. The molecule has 7 rings (SSSR count). The highest BCUT2D eigenvalue weighted by molar-refractivity contribution is 5.93. The number of aromatic amines is 1. The Labute approximate surface area is 340 Å².